The van der Waals surface area contributed by atoms with Crippen LogP contribution in [-0.2, 0) is 9.53 Å². The number of ether oxygens (including phenoxy) is 1. The number of hydrogen-bond acceptors (Lipinski definition) is 6. The zero-order chi connectivity index (χ0) is 19.8. The van der Waals surface area contributed by atoms with Crippen molar-refractivity contribution in [3.8, 4) is 0 Å². The molecule has 28 heavy (non-hydrogen) atoms. The molecule has 2 amide bonds. The summed E-state index contributed by atoms with van der Waals surface area (Å²) in [6.07, 6.45) is 5.44. The van der Waals surface area contributed by atoms with Crippen LogP contribution in [0.25, 0.3) is 0 Å². The molecule has 1 aromatic rings. The van der Waals surface area contributed by atoms with Gasteiger partial charge in [0.1, 0.15) is 0 Å². The summed E-state index contributed by atoms with van der Waals surface area (Å²) in [6, 6.07) is 3.39. The van der Waals surface area contributed by atoms with E-state index in [0.717, 1.165) is 19.5 Å². The second-order valence-electron chi connectivity index (χ2n) is 7.59. The predicted molar refractivity (Wildman–Crippen MR) is 104 cm³/mol. The van der Waals surface area contributed by atoms with Crippen LogP contribution in [0.3, 0.4) is 0 Å². The molecule has 3 heterocycles. The molecule has 0 spiro atoms. The maximum Gasteiger partial charge on any atom is 0.252 e. The lowest BCUT2D eigenvalue weighted by atomic mass is 9.94. The molecule has 3 rings (SSSR count). The number of hydrogen-bond donors (Lipinski definition) is 2. The van der Waals surface area contributed by atoms with Crippen molar-refractivity contribution in [1.29, 1.82) is 0 Å². The van der Waals surface area contributed by atoms with Gasteiger partial charge in [0.15, 0.2) is 0 Å². The van der Waals surface area contributed by atoms with E-state index >= 15 is 0 Å². The first-order valence-electron chi connectivity index (χ1n) is 10.0. The number of nitrogens with zero attached hydrogens (tertiary/aromatic N) is 3. The van der Waals surface area contributed by atoms with E-state index in [1.165, 1.54) is 6.20 Å². The maximum atomic E-state index is 12.5. The summed E-state index contributed by atoms with van der Waals surface area (Å²) in [7, 11) is 0. The monoisotopic (exact) mass is 390 g/mol. The number of β-amino-alcohol motifs (C(OH)–C–C–N with tert-alkyl or cyclic N) is 1. The highest BCUT2D eigenvalue weighted by molar-refractivity contribution is 5.94. The molecule has 1 aromatic heterocycles. The Morgan fingerprint density at radius 1 is 1.21 bits per heavy atom. The third kappa shape index (κ3) is 5.98. The number of carbonyl (C=O) groups excluding carboxylic acids is 2. The average molecular weight is 390 g/mol. The lowest BCUT2D eigenvalue weighted by Crippen LogP contribution is -2.48. The van der Waals surface area contributed by atoms with E-state index in [4.69, 9.17) is 4.74 Å². The molecule has 0 bridgehead atoms. The van der Waals surface area contributed by atoms with Crippen molar-refractivity contribution in [1.82, 2.24) is 20.1 Å². The van der Waals surface area contributed by atoms with Crippen molar-refractivity contribution in [2.75, 3.05) is 52.5 Å². The number of aromatic nitrogens is 1. The fraction of sp³-hybridized carbons (Fsp3) is 0.650. The maximum absolute atomic E-state index is 12.5. The molecule has 0 aliphatic carbocycles. The number of pyridine rings is 1. The minimum absolute atomic E-state index is 0.0158. The van der Waals surface area contributed by atoms with Gasteiger partial charge in [0.25, 0.3) is 5.91 Å². The van der Waals surface area contributed by atoms with Crippen molar-refractivity contribution >= 4 is 11.8 Å². The van der Waals surface area contributed by atoms with Gasteiger partial charge in [0.05, 0.1) is 24.4 Å². The Morgan fingerprint density at radius 2 is 2.04 bits per heavy atom. The summed E-state index contributed by atoms with van der Waals surface area (Å²) in [5.74, 6) is -0.209. The Hall–Kier alpha value is -2.03. The zero-order valence-corrected chi connectivity index (χ0v) is 16.3. The van der Waals surface area contributed by atoms with Crippen LogP contribution in [0, 0.1) is 0 Å². The molecule has 8 nitrogen and oxygen atoms in total. The Morgan fingerprint density at radius 3 is 2.79 bits per heavy atom. The van der Waals surface area contributed by atoms with Gasteiger partial charge in [0, 0.05) is 58.1 Å². The summed E-state index contributed by atoms with van der Waals surface area (Å²) in [5, 5.41) is 13.8. The number of likely N-dealkylation sites (tertiary alicyclic amines) is 1. The van der Waals surface area contributed by atoms with Crippen molar-refractivity contribution in [3.05, 3.63) is 30.1 Å². The van der Waals surface area contributed by atoms with Crippen LogP contribution in [-0.4, -0.2) is 89.8 Å². The molecule has 0 unspecified atom stereocenters. The van der Waals surface area contributed by atoms with Crippen LogP contribution in [0.5, 0.6) is 0 Å². The molecule has 2 saturated heterocycles. The summed E-state index contributed by atoms with van der Waals surface area (Å²) >= 11 is 0. The van der Waals surface area contributed by atoms with Crippen LogP contribution >= 0.6 is 0 Å². The number of morpholine rings is 1. The lowest BCUT2D eigenvalue weighted by molar-refractivity contribution is -0.131. The van der Waals surface area contributed by atoms with Gasteiger partial charge in [-0.15, -0.1) is 0 Å². The first-order chi connectivity index (χ1) is 13.6. The molecule has 2 N–H and O–H groups in total. The minimum atomic E-state index is -0.749. The van der Waals surface area contributed by atoms with Gasteiger partial charge in [-0.1, -0.05) is 0 Å². The van der Waals surface area contributed by atoms with Gasteiger partial charge in [-0.2, -0.15) is 0 Å². The molecule has 0 saturated carbocycles. The molecule has 8 heteroatoms. The van der Waals surface area contributed by atoms with E-state index in [-0.39, 0.29) is 18.2 Å². The number of carbonyl (C=O) groups is 2. The van der Waals surface area contributed by atoms with Gasteiger partial charge in [0.2, 0.25) is 5.91 Å². The number of nitrogens with one attached hydrogen (secondary N) is 1. The van der Waals surface area contributed by atoms with Crippen molar-refractivity contribution in [2.45, 2.75) is 31.3 Å². The summed E-state index contributed by atoms with van der Waals surface area (Å²) in [5.41, 5.74) is -0.265. The quantitative estimate of drug-likeness (QED) is 0.724. The minimum Gasteiger partial charge on any atom is -0.388 e. The van der Waals surface area contributed by atoms with Gasteiger partial charge in [-0.3, -0.25) is 19.5 Å². The first kappa shape index (κ1) is 20.7. The fourth-order valence-corrected chi connectivity index (χ4v) is 3.80. The number of rotatable bonds is 6. The summed E-state index contributed by atoms with van der Waals surface area (Å²) < 4.78 is 5.37. The largest absolute Gasteiger partial charge is 0.388 e. The van der Waals surface area contributed by atoms with E-state index in [1.807, 2.05) is 4.90 Å². The van der Waals surface area contributed by atoms with E-state index in [0.29, 0.717) is 57.8 Å². The van der Waals surface area contributed by atoms with Crippen molar-refractivity contribution < 1.29 is 19.4 Å². The highest BCUT2D eigenvalue weighted by Gasteiger charge is 2.33. The predicted octanol–water partition coefficient (Wildman–Crippen LogP) is 0.277. The summed E-state index contributed by atoms with van der Waals surface area (Å²) in [4.78, 5) is 32.5. The number of aliphatic hydroxyl groups is 1. The molecule has 2 aliphatic rings. The van der Waals surface area contributed by atoms with Gasteiger partial charge in [-0.25, -0.2) is 0 Å². The van der Waals surface area contributed by atoms with Crippen molar-refractivity contribution in [2.24, 2.45) is 0 Å². The van der Waals surface area contributed by atoms with Crippen molar-refractivity contribution in [3.63, 3.8) is 0 Å². The highest BCUT2D eigenvalue weighted by atomic mass is 16.5. The lowest BCUT2D eigenvalue weighted by Gasteiger charge is -2.35. The molecule has 2 aliphatic heterocycles. The molecule has 0 radical (unpaired) electrons. The second-order valence-corrected chi connectivity index (χ2v) is 7.59. The topological polar surface area (TPSA) is 95.0 Å². The summed E-state index contributed by atoms with van der Waals surface area (Å²) in [6.45, 7) is 5.26. The van der Waals surface area contributed by atoms with Gasteiger partial charge in [-0.05, 0) is 31.4 Å². The van der Waals surface area contributed by atoms with E-state index in [1.54, 1.807) is 18.3 Å². The van der Waals surface area contributed by atoms with Crippen LogP contribution < -0.4 is 5.32 Å². The third-order valence-corrected chi connectivity index (χ3v) is 5.44. The molecular weight excluding hydrogens is 360 g/mol. The Kier molecular flexibility index (Phi) is 7.36. The standard InChI is InChI=1S/C20H30N4O4/c25-18(4-8-22-19(26)17-3-1-7-21-15-17)24-9-2-5-20(27,6-10-24)16-23-11-13-28-14-12-23/h1,3,7,15,27H,2,4-6,8-14,16H2,(H,22,26)/t20-/m0/s1. The van der Waals surface area contributed by atoms with Gasteiger partial charge < -0.3 is 20.1 Å². The van der Waals surface area contributed by atoms with E-state index < -0.39 is 5.60 Å². The fourth-order valence-electron chi connectivity index (χ4n) is 3.80. The Labute approximate surface area is 165 Å². The molecular formula is C20H30N4O4. The molecule has 1 atom stereocenters. The van der Waals surface area contributed by atoms with Crippen LogP contribution in [0.2, 0.25) is 0 Å². The van der Waals surface area contributed by atoms with Crippen LogP contribution in [0.1, 0.15) is 36.0 Å². The molecule has 154 valence electrons. The van der Waals surface area contributed by atoms with Gasteiger partial charge >= 0.3 is 0 Å². The molecule has 0 aromatic carbocycles. The zero-order valence-electron chi connectivity index (χ0n) is 16.3. The Balaban J connectivity index is 1.41. The SMILES string of the molecule is O=C(NCCC(=O)N1CCC[C@@](O)(CN2CCOCC2)CC1)c1cccnc1. The third-order valence-electron chi connectivity index (χ3n) is 5.44. The Bertz CT molecular complexity index is 651. The van der Waals surface area contributed by atoms with Crippen LogP contribution in [0.4, 0.5) is 0 Å². The van der Waals surface area contributed by atoms with E-state index in [9.17, 15) is 14.7 Å². The molecule has 2 fully saturated rings. The average Bonchev–Trinajstić information content (AvgIpc) is 2.91. The smallest absolute Gasteiger partial charge is 0.252 e. The van der Waals surface area contributed by atoms with E-state index in [2.05, 4.69) is 15.2 Å². The normalized spacial score (nSPS) is 23.8. The number of amides is 2. The second kappa shape index (κ2) is 9.95. The highest BCUT2D eigenvalue weighted by Crippen LogP contribution is 2.24. The van der Waals surface area contributed by atoms with Crippen LogP contribution in [0.15, 0.2) is 24.5 Å². The first-order valence-corrected chi connectivity index (χ1v) is 10.0.